The van der Waals surface area contributed by atoms with Crippen molar-refractivity contribution in [3.05, 3.63) is 0 Å². The van der Waals surface area contributed by atoms with E-state index in [0.717, 1.165) is 0 Å². The summed E-state index contributed by atoms with van der Waals surface area (Å²) in [7, 11) is 0. The minimum absolute atomic E-state index is 0.180. The van der Waals surface area contributed by atoms with E-state index in [0.29, 0.717) is 0 Å². The highest BCUT2D eigenvalue weighted by Crippen LogP contribution is 1.99. The Hall–Kier alpha value is -1.99. The number of carbonyl (C=O) groups is 5. The molecule has 0 saturated carbocycles. The standard InChI is InChI=1S/C13H22N4O7S2/c1-5(14)10(20)15-6(2-9(18)19)11(21)16-7(3-25)12(22)17-8(4-26)13(23)24/h5-8,25-26H,2-4,14H2,1H3,(H,15,20)(H,16,21)(H,17,22)(H,18,19)(H,23,24). The molecule has 4 atom stereocenters. The van der Waals surface area contributed by atoms with Crippen LogP contribution in [0, 0.1) is 0 Å². The van der Waals surface area contributed by atoms with Crippen molar-refractivity contribution >= 4 is 54.9 Å². The lowest BCUT2D eigenvalue weighted by molar-refractivity contribution is -0.142. The SMILES string of the molecule is CC(N)C(=O)NC(CC(=O)O)C(=O)NC(CS)C(=O)NC(CS)C(=O)O. The van der Waals surface area contributed by atoms with Gasteiger partial charge in [-0.05, 0) is 6.92 Å². The summed E-state index contributed by atoms with van der Waals surface area (Å²) in [5.74, 6) is -5.60. The molecule has 0 aliphatic rings. The van der Waals surface area contributed by atoms with Gasteiger partial charge in [-0.3, -0.25) is 19.2 Å². The molecule has 13 heteroatoms. The van der Waals surface area contributed by atoms with Gasteiger partial charge >= 0.3 is 11.9 Å². The van der Waals surface area contributed by atoms with Crippen LogP contribution in [0.4, 0.5) is 0 Å². The van der Waals surface area contributed by atoms with E-state index in [-0.39, 0.29) is 11.5 Å². The van der Waals surface area contributed by atoms with Gasteiger partial charge in [0.1, 0.15) is 18.1 Å². The van der Waals surface area contributed by atoms with E-state index >= 15 is 0 Å². The Labute approximate surface area is 160 Å². The number of carboxylic acids is 2. The van der Waals surface area contributed by atoms with Crippen LogP contribution in [-0.4, -0.2) is 75.5 Å². The van der Waals surface area contributed by atoms with Crippen LogP contribution in [0.5, 0.6) is 0 Å². The third kappa shape index (κ3) is 8.40. The third-order valence-electron chi connectivity index (χ3n) is 3.04. The summed E-state index contributed by atoms with van der Waals surface area (Å²) in [6.07, 6.45) is -0.737. The highest BCUT2D eigenvalue weighted by atomic mass is 32.1. The van der Waals surface area contributed by atoms with Gasteiger partial charge in [-0.2, -0.15) is 25.3 Å². The van der Waals surface area contributed by atoms with Crippen molar-refractivity contribution in [2.75, 3.05) is 11.5 Å². The molecule has 7 N–H and O–H groups in total. The number of carboxylic acid groups (broad SMARTS) is 2. The van der Waals surface area contributed by atoms with E-state index in [1.165, 1.54) is 6.92 Å². The smallest absolute Gasteiger partial charge is 0.327 e. The maximum atomic E-state index is 12.2. The van der Waals surface area contributed by atoms with Crippen LogP contribution in [0.2, 0.25) is 0 Å². The van der Waals surface area contributed by atoms with Crippen LogP contribution in [-0.2, 0) is 24.0 Å². The molecular formula is C13H22N4O7S2. The average molecular weight is 410 g/mol. The summed E-state index contributed by atoms with van der Waals surface area (Å²) in [4.78, 5) is 57.7. The molecule has 0 aromatic carbocycles. The molecule has 0 spiro atoms. The van der Waals surface area contributed by atoms with E-state index in [1.807, 2.05) is 0 Å². The van der Waals surface area contributed by atoms with Crippen LogP contribution in [0.15, 0.2) is 0 Å². The van der Waals surface area contributed by atoms with Gasteiger partial charge in [0, 0.05) is 11.5 Å². The van der Waals surface area contributed by atoms with Crippen molar-refractivity contribution < 1.29 is 34.2 Å². The molecule has 0 aromatic rings. The molecule has 0 heterocycles. The lowest BCUT2D eigenvalue weighted by Crippen LogP contribution is -2.58. The van der Waals surface area contributed by atoms with Crippen LogP contribution in [0.25, 0.3) is 0 Å². The van der Waals surface area contributed by atoms with Crippen LogP contribution < -0.4 is 21.7 Å². The van der Waals surface area contributed by atoms with Crippen molar-refractivity contribution in [3.8, 4) is 0 Å². The molecule has 0 bridgehead atoms. The summed E-state index contributed by atoms with van der Waals surface area (Å²) in [6, 6.07) is -4.98. The Bertz CT molecular complexity index is 559. The number of aliphatic carboxylic acids is 2. The quantitative estimate of drug-likeness (QED) is 0.168. The zero-order chi connectivity index (χ0) is 20.4. The predicted molar refractivity (Wildman–Crippen MR) is 97.0 cm³/mol. The summed E-state index contributed by atoms with van der Waals surface area (Å²) in [6.45, 7) is 1.35. The second-order valence-electron chi connectivity index (χ2n) is 5.27. The highest BCUT2D eigenvalue weighted by Gasteiger charge is 2.30. The van der Waals surface area contributed by atoms with Gasteiger partial charge < -0.3 is 31.9 Å². The molecule has 26 heavy (non-hydrogen) atoms. The van der Waals surface area contributed by atoms with E-state index in [2.05, 4.69) is 41.2 Å². The van der Waals surface area contributed by atoms with Gasteiger partial charge in [0.25, 0.3) is 0 Å². The number of nitrogens with two attached hydrogens (primary N) is 1. The fraction of sp³-hybridized carbons (Fsp3) is 0.615. The molecule has 148 valence electrons. The highest BCUT2D eigenvalue weighted by molar-refractivity contribution is 7.80. The molecule has 4 unspecified atom stereocenters. The van der Waals surface area contributed by atoms with E-state index in [9.17, 15) is 24.0 Å². The van der Waals surface area contributed by atoms with Crippen LogP contribution in [0.3, 0.4) is 0 Å². The molecule has 0 aliphatic carbocycles. The van der Waals surface area contributed by atoms with Crippen LogP contribution >= 0.6 is 25.3 Å². The minimum atomic E-state index is -1.47. The average Bonchev–Trinajstić information content (AvgIpc) is 2.55. The fourth-order valence-electron chi connectivity index (χ4n) is 1.61. The lowest BCUT2D eigenvalue weighted by Gasteiger charge is -2.23. The summed E-state index contributed by atoms with van der Waals surface area (Å²) in [5.41, 5.74) is 5.36. The number of amides is 3. The lowest BCUT2D eigenvalue weighted by atomic mass is 10.1. The van der Waals surface area contributed by atoms with Crippen molar-refractivity contribution in [2.45, 2.75) is 37.5 Å². The normalized spacial score (nSPS) is 15.1. The summed E-state index contributed by atoms with van der Waals surface area (Å²) >= 11 is 7.71. The zero-order valence-corrected chi connectivity index (χ0v) is 15.6. The van der Waals surface area contributed by atoms with Crippen molar-refractivity contribution in [1.29, 1.82) is 0 Å². The number of rotatable bonds is 11. The molecule has 0 aliphatic heterocycles. The topological polar surface area (TPSA) is 188 Å². The van der Waals surface area contributed by atoms with Crippen LogP contribution in [0.1, 0.15) is 13.3 Å². The molecule has 11 nitrogen and oxygen atoms in total. The molecule has 3 amide bonds. The van der Waals surface area contributed by atoms with E-state index < -0.39 is 60.2 Å². The molecular weight excluding hydrogens is 388 g/mol. The second-order valence-corrected chi connectivity index (χ2v) is 6.00. The maximum absolute atomic E-state index is 12.2. The number of thiol groups is 2. The first-order valence-electron chi connectivity index (χ1n) is 7.36. The second kappa shape index (κ2) is 11.6. The van der Waals surface area contributed by atoms with Crippen molar-refractivity contribution in [1.82, 2.24) is 16.0 Å². The van der Waals surface area contributed by atoms with Gasteiger partial charge in [0.15, 0.2) is 0 Å². The van der Waals surface area contributed by atoms with Gasteiger partial charge in [0.2, 0.25) is 17.7 Å². The number of hydrogen-bond acceptors (Lipinski definition) is 8. The largest absolute Gasteiger partial charge is 0.481 e. The molecule has 0 fully saturated rings. The fourth-order valence-corrected chi connectivity index (χ4v) is 2.12. The van der Waals surface area contributed by atoms with Gasteiger partial charge in [-0.15, -0.1) is 0 Å². The Morgan fingerprint density at radius 3 is 1.65 bits per heavy atom. The molecule has 0 radical (unpaired) electrons. The molecule has 0 aromatic heterocycles. The predicted octanol–water partition coefficient (Wildman–Crippen LogP) is -2.79. The Balaban J connectivity index is 5.09. The number of nitrogens with one attached hydrogen (secondary N) is 3. The van der Waals surface area contributed by atoms with Crippen molar-refractivity contribution in [2.24, 2.45) is 5.73 Å². The Morgan fingerprint density at radius 2 is 1.27 bits per heavy atom. The van der Waals surface area contributed by atoms with Gasteiger partial charge in [-0.1, -0.05) is 0 Å². The zero-order valence-electron chi connectivity index (χ0n) is 13.8. The molecule has 0 rings (SSSR count). The monoisotopic (exact) mass is 410 g/mol. The number of carbonyl (C=O) groups excluding carboxylic acids is 3. The minimum Gasteiger partial charge on any atom is -0.481 e. The Kier molecular flexibility index (Phi) is 10.7. The van der Waals surface area contributed by atoms with Gasteiger partial charge in [0.05, 0.1) is 12.5 Å². The van der Waals surface area contributed by atoms with Gasteiger partial charge in [-0.25, -0.2) is 4.79 Å². The summed E-state index contributed by atoms with van der Waals surface area (Å²) in [5, 5.41) is 24.3. The first-order valence-corrected chi connectivity index (χ1v) is 8.62. The Morgan fingerprint density at radius 1 is 0.846 bits per heavy atom. The van der Waals surface area contributed by atoms with E-state index in [4.69, 9.17) is 15.9 Å². The first-order chi connectivity index (χ1) is 12.0. The maximum Gasteiger partial charge on any atom is 0.327 e. The molecule has 0 saturated heterocycles. The third-order valence-corrected chi connectivity index (χ3v) is 3.77. The van der Waals surface area contributed by atoms with Crippen molar-refractivity contribution in [3.63, 3.8) is 0 Å². The number of hydrogen-bond donors (Lipinski definition) is 8. The van der Waals surface area contributed by atoms with E-state index in [1.54, 1.807) is 0 Å². The first kappa shape index (κ1) is 24.0. The summed E-state index contributed by atoms with van der Waals surface area (Å²) < 4.78 is 0.